The zero-order valence-corrected chi connectivity index (χ0v) is 8.25. The predicted molar refractivity (Wildman–Crippen MR) is 47.8 cm³/mol. The second kappa shape index (κ2) is 3.62. The van der Waals surface area contributed by atoms with Crippen molar-refractivity contribution in [3.63, 3.8) is 0 Å². The summed E-state index contributed by atoms with van der Waals surface area (Å²) in [5, 5.41) is 0. The van der Waals surface area contributed by atoms with Crippen molar-refractivity contribution in [2.45, 2.75) is 6.92 Å². The van der Waals surface area contributed by atoms with Crippen molar-refractivity contribution in [1.29, 1.82) is 0 Å². The van der Waals surface area contributed by atoms with E-state index in [1.165, 1.54) is 0 Å². The molecule has 82 valence electrons. The van der Waals surface area contributed by atoms with E-state index in [9.17, 15) is 9.18 Å². The van der Waals surface area contributed by atoms with Gasteiger partial charge in [0.2, 0.25) is 5.95 Å². The maximum Gasteiger partial charge on any atom is 0.359 e. The van der Waals surface area contributed by atoms with Crippen molar-refractivity contribution in [3.8, 4) is 0 Å². The summed E-state index contributed by atoms with van der Waals surface area (Å²) < 4.78 is 22.8. The number of H-pyrrole nitrogens is 1. The zero-order chi connectivity index (χ0) is 10.9. The highest BCUT2D eigenvalue weighted by Gasteiger charge is 2.35. The van der Waals surface area contributed by atoms with E-state index in [0.29, 0.717) is 13.2 Å². The van der Waals surface area contributed by atoms with Crippen molar-refractivity contribution < 1.29 is 18.7 Å². The summed E-state index contributed by atoms with van der Waals surface area (Å²) in [7, 11) is 0. The van der Waals surface area contributed by atoms with Gasteiger partial charge in [-0.05, 0) is 0 Å². The minimum atomic E-state index is -0.838. The normalized spacial score (nSPS) is 18.3. The molecule has 0 amide bonds. The molecule has 0 unspecified atom stereocenters. The first-order valence-electron chi connectivity index (χ1n) is 4.54. The second-order valence-electron chi connectivity index (χ2n) is 3.95. The minimum absolute atomic E-state index is 0.133. The molecule has 0 bridgehead atoms. The quantitative estimate of drug-likeness (QED) is 0.754. The molecular formula is C9H11FN2O3. The van der Waals surface area contributed by atoms with Crippen LogP contribution in [0.5, 0.6) is 0 Å². The lowest BCUT2D eigenvalue weighted by Crippen LogP contribution is -2.44. The van der Waals surface area contributed by atoms with Crippen LogP contribution in [0.25, 0.3) is 0 Å². The van der Waals surface area contributed by atoms with Crippen LogP contribution in [0, 0.1) is 11.4 Å². The number of imidazole rings is 1. The Morgan fingerprint density at radius 1 is 1.80 bits per heavy atom. The van der Waals surface area contributed by atoms with Gasteiger partial charge in [-0.3, -0.25) is 0 Å². The molecule has 1 aromatic rings. The van der Waals surface area contributed by atoms with Crippen LogP contribution in [0.15, 0.2) is 6.33 Å². The van der Waals surface area contributed by atoms with Crippen molar-refractivity contribution in [1.82, 2.24) is 9.97 Å². The van der Waals surface area contributed by atoms with Crippen LogP contribution < -0.4 is 0 Å². The molecule has 1 aliphatic heterocycles. The number of aromatic amines is 1. The Hall–Kier alpha value is -1.43. The van der Waals surface area contributed by atoms with Crippen molar-refractivity contribution in [3.05, 3.63) is 18.0 Å². The first-order valence-corrected chi connectivity index (χ1v) is 4.54. The molecule has 15 heavy (non-hydrogen) atoms. The van der Waals surface area contributed by atoms with Crippen LogP contribution in [-0.2, 0) is 9.47 Å². The van der Waals surface area contributed by atoms with E-state index in [1.807, 2.05) is 6.92 Å². The van der Waals surface area contributed by atoms with Gasteiger partial charge in [0.1, 0.15) is 6.61 Å². The molecule has 2 rings (SSSR count). The van der Waals surface area contributed by atoms with E-state index in [-0.39, 0.29) is 17.7 Å². The highest BCUT2D eigenvalue weighted by molar-refractivity contribution is 5.87. The molecular weight excluding hydrogens is 203 g/mol. The number of esters is 1. The average Bonchev–Trinajstić information content (AvgIpc) is 2.58. The Labute approximate surface area is 85.6 Å². The number of carbonyl (C=O) groups excluding carboxylic acids is 1. The summed E-state index contributed by atoms with van der Waals surface area (Å²) in [6.07, 6.45) is 1.11. The minimum Gasteiger partial charge on any atom is -0.460 e. The number of carbonyl (C=O) groups is 1. The van der Waals surface area contributed by atoms with E-state index >= 15 is 0 Å². The van der Waals surface area contributed by atoms with E-state index < -0.39 is 11.9 Å². The number of hydrogen-bond acceptors (Lipinski definition) is 4. The number of hydrogen-bond donors (Lipinski definition) is 1. The lowest BCUT2D eigenvalue weighted by atomic mass is 9.90. The highest BCUT2D eigenvalue weighted by atomic mass is 19.1. The number of aromatic nitrogens is 2. The van der Waals surface area contributed by atoms with Crippen LogP contribution >= 0.6 is 0 Å². The van der Waals surface area contributed by atoms with Gasteiger partial charge in [0.15, 0.2) is 5.69 Å². The molecule has 1 fully saturated rings. The van der Waals surface area contributed by atoms with Gasteiger partial charge in [-0.25, -0.2) is 9.78 Å². The summed E-state index contributed by atoms with van der Waals surface area (Å²) in [6, 6.07) is 0. The molecule has 1 saturated heterocycles. The topological polar surface area (TPSA) is 64.2 Å². The summed E-state index contributed by atoms with van der Waals surface area (Å²) in [5.41, 5.74) is -0.370. The molecule has 1 aromatic heterocycles. The Morgan fingerprint density at radius 2 is 2.53 bits per heavy atom. The van der Waals surface area contributed by atoms with Crippen LogP contribution in [0.2, 0.25) is 0 Å². The van der Waals surface area contributed by atoms with Gasteiger partial charge < -0.3 is 14.5 Å². The van der Waals surface area contributed by atoms with Gasteiger partial charge in [-0.15, -0.1) is 0 Å². The Morgan fingerprint density at radius 3 is 3.00 bits per heavy atom. The largest absolute Gasteiger partial charge is 0.460 e. The number of ether oxygens (including phenoxy) is 2. The summed E-state index contributed by atoms with van der Waals surface area (Å²) in [4.78, 5) is 17.0. The molecule has 1 N–H and O–H groups in total. The second-order valence-corrected chi connectivity index (χ2v) is 3.95. The maximum atomic E-state index is 12.8. The molecule has 0 atom stereocenters. The van der Waals surface area contributed by atoms with E-state index in [4.69, 9.17) is 9.47 Å². The van der Waals surface area contributed by atoms with E-state index in [2.05, 4.69) is 9.97 Å². The van der Waals surface area contributed by atoms with Crippen LogP contribution in [0.3, 0.4) is 0 Å². The van der Waals surface area contributed by atoms with Gasteiger partial charge in [0, 0.05) is 5.41 Å². The van der Waals surface area contributed by atoms with Gasteiger partial charge >= 0.3 is 5.97 Å². The van der Waals surface area contributed by atoms with E-state index in [1.54, 1.807) is 0 Å². The summed E-state index contributed by atoms with van der Waals surface area (Å²) in [5.74, 6) is -1.56. The molecule has 2 heterocycles. The summed E-state index contributed by atoms with van der Waals surface area (Å²) >= 11 is 0. The molecule has 0 aromatic carbocycles. The Balaban J connectivity index is 1.90. The molecule has 5 nitrogen and oxygen atoms in total. The van der Waals surface area contributed by atoms with Crippen LogP contribution in [0.4, 0.5) is 4.39 Å². The van der Waals surface area contributed by atoms with Gasteiger partial charge in [-0.1, -0.05) is 6.92 Å². The number of nitrogens with zero attached hydrogens (tertiary/aromatic N) is 1. The lowest BCUT2D eigenvalue weighted by Gasteiger charge is -2.37. The fraction of sp³-hybridized carbons (Fsp3) is 0.556. The fourth-order valence-corrected chi connectivity index (χ4v) is 1.27. The zero-order valence-electron chi connectivity index (χ0n) is 8.25. The van der Waals surface area contributed by atoms with E-state index in [0.717, 1.165) is 6.33 Å². The molecule has 1 aliphatic rings. The van der Waals surface area contributed by atoms with Gasteiger partial charge in [-0.2, -0.15) is 4.39 Å². The lowest BCUT2D eigenvalue weighted by molar-refractivity contribution is -0.127. The van der Waals surface area contributed by atoms with Crippen molar-refractivity contribution in [2.75, 3.05) is 19.8 Å². The smallest absolute Gasteiger partial charge is 0.359 e. The number of halogens is 1. The molecule has 0 radical (unpaired) electrons. The van der Waals surface area contributed by atoms with Gasteiger partial charge in [0.05, 0.1) is 19.5 Å². The molecule has 0 spiro atoms. The first-order chi connectivity index (χ1) is 7.11. The fourth-order valence-electron chi connectivity index (χ4n) is 1.27. The predicted octanol–water partition coefficient (Wildman–Crippen LogP) is 0.742. The third-order valence-electron chi connectivity index (χ3n) is 2.25. The third kappa shape index (κ3) is 1.99. The number of rotatable bonds is 3. The highest BCUT2D eigenvalue weighted by Crippen LogP contribution is 2.26. The Kier molecular flexibility index (Phi) is 2.44. The van der Waals surface area contributed by atoms with Crippen LogP contribution in [0.1, 0.15) is 17.4 Å². The molecule has 6 heteroatoms. The van der Waals surface area contributed by atoms with Gasteiger partial charge in [0.25, 0.3) is 0 Å². The Bertz CT molecular complexity index is 373. The monoisotopic (exact) mass is 214 g/mol. The maximum absolute atomic E-state index is 12.8. The van der Waals surface area contributed by atoms with Crippen LogP contribution in [-0.4, -0.2) is 35.8 Å². The summed E-state index contributed by atoms with van der Waals surface area (Å²) in [6.45, 7) is 3.29. The molecule has 0 aliphatic carbocycles. The first kappa shape index (κ1) is 10.1. The standard InChI is InChI=1S/C9H11FN2O3/c1-9(2-14-3-9)4-15-8(13)6-7(10)12-5-11-6/h5H,2-4H2,1H3,(H,11,12). The van der Waals surface area contributed by atoms with Crippen molar-refractivity contribution >= 4 is 5.97 Å². The van der Waals surface area contributed by atoms with Crippen molar-refractivity contribution in [2.24, 2.45) is 5.41 Å². The third-order valence-corrected chi connectivity index (χ3v) is 2.25. The average molecular weight is 214 g/mol. The SMILES string of the molecule is CC1(COC(=O)c2[nH]cnc2F)COC1. The molecule has 0 saturated carbocycles. The number of nitrogens with one attached hydrogen (secondary N) is 1.